The van der Waals surface area contributed by atoms with Gasteiger partial charge in [-0.15, -0.1) is 0 Å². The lowest BCUT2D eigenvalue weighted by Crippen LogP contribution is -2.34. The third-order valence-electron chi connectivity index (χ3n) is 5.89. The molecule has 3 aromatic rings. The van der Waals surface area contributed by atoms with Crippen LogP contribution >= 0.6 is 0 Å². The number of benzene rings is 1. The second-order valence-electron chi connectivity index (χ2n) is 8.64. The van der Waals surface area contributed by atoms with Gasteiger partial charge in [0.05, 0.1) is 36.6 Å². The summed E-state index contributed by atoms with van der Waals surface area (Å²) in [4.78, 5) is 34.8. The number of ether oxygens (including phenoxy) is 1. The molecule has 1 unspecified atom stereocenters. The molecule has 1 aliphatic heterocycles. The third kappa shape index (κ3) is 4.99. The molecule has 4 rings (SSSR count). The van der Waals surface area contributed by atoms with Crippen LogP contribution in [0.15, 0.2) is 48.8 Å². The van der Waals surface area contributed by atoms with Gasteiger partial charge in [-0.05, 0) is 42.7 Å². The molecule has 2 amide bonds. The Morgan fingerprint density at radius 2 is 1.76 bits per heavy atom. The molecule has 0 spiro atoms. The molecule has 0 bridgehead atoms. The van der Waals surface area contributed by atoms with Crippen molar-refractivity contribution in [3.8, 4) is 0 Å². The van der Waals surface area contributed by atoms with Gasteiger partial charge in [-0.2, -0.15) is 0 Å². The fourth-order valence-electron chi connectivity index (χ4n) is 4.10. The van der Waals surface area contributed by atoms with Crippen LogP contribution in [0.25, 0.3) is 0 Å². The van der Waals surface area contributed by atoms with Crippen LogP contribution in [0, 0.1) is 11.7 Å². The number of nitrogens with one attached hydrogen (secondary N) is 2. The lowest BCUT2D eigenvalue weighted by Gasteiger charge is -2.24. The Hall–Kier alpha value is -3.59. The summed E-state index contributed by atoms with van der Waals surface area (Å²) < 4.78 is 20.8. The Morgan fingerprint density at radius 3 is 2.44 bits per heavy atom. The predicted molar refractivity (Wildman–Crippen MR) is 123 cm³/mol. The Labute approximate surface area is 197 Å². The fraction of sp³-hybridized carbons (Fsp3) is 0.360. The van der Waals surface area contributed by atoms with Crippen LogP contribution in [0.1, 0.15) is 70.8 Å². The highest BCUT2D eigenvalue weighted by molar-refractivity contribution is 6.01. The van der Waals surface area contributed by atoms with Crippen LogP contribution < -0.4 is 10.6 Å². The molecule has 0 radical (unpaired) electrons. The van der Waals surface area contributed by atoms with Crippen molar-refractivity contribution in [2.45, 2.75) is 46.0 Å². The minimum atomic E-state index is -0.408. The standard InChI is InChI=1S/C25H28FN5O3/c1-15(2)22(17-5-7-18(26)8-6-17)30-25(33)20-13-19(21-14-34-12-11-31(20)21)24(32)29-16(3)23-27-9-4-10-28-23/h4-10,13,15-16,22H,11-12,14H2,1-3H3,(H,29,32)(H,30,33)/t16?,22-/m1/s1. The lowest BCUT2D eigenvalue weighted by atomic mass is 9.96. The second-order valence-corrected chi connectivity index (χ2v) is 8.64. The maximum Gasteiger partial charge on any atom is 0.268 e. The summed E-state index contributed by atoms with van der Waals surface area (Å²) in [5.74, 6) is -0.388. The first-order valence-electron chi connectivity index (χ1n) is 11.3. The molecule has 34 heavy (non-hydrogen) atoms. The van der Waals surface area contributed by atoms with E-state index in [1.807, 2.05) is 18.4 Å². The van der Waals surface area contributed by atoms with Gasteiger partial charge in [0.25, 0.3) is 11.8 Å². The first kappa shape index (κ1) is 23.6. The van der Waals surface area contributed by atoms with Gasteiger partial charge in [0, 0.05) is 18.9 Å². The van der Waals surface area contributed by atoms with Crippen LogP contribution in [0.4, 0.5) is 4.39 Å². The van der Waals surface area contributed by atoms with Gasteiger partial charge in [0.15, 0.2) is 0 Å². The minimum Gasteiger partial charge on any atom is -0.373 e. The van der Waals surface area contributed by atoms with Gasteiger partial charge in [0.1, 0.15) is 17.3 Å². The first-order chi connectivity index (χ1) is 16.3. The summed E-state index contributed by atoms with van der Waals surface area (Å²) in [6, 6.07) is 8.71. The number of hydrogen-bond acceptors (Lipinski definition) is 5. The number of rotatable bonds is 7. The highest BCUT2D eigenvalue weighted by Gasteiger charge is 2.28. The number of amides is 2. The summed E-state index contributed by atoms with van der Waals surface area (Å²) in [6.07, 6.45) is 3.24. The molecule has 1 aliphatic rings. The highest BCUT2D eigenvalue weighted by atomic mass is 19.1. The summed E-state index contributed by atoms with van der Waals surface area (Å²) in [5.41, 5.74) is 2.24. The van der Waals surface area contributed by atoms with E-state index in [4.69, 9.17) is 4.74 Å². The van der Waals surface area contributed by atoms with Crippen LogP contribution in [-0.4, -0.2) is 33.0 Å². The van der Waals surface area contributed by atoms with Crippen molar-refractivity contribution in [3.63, 3.8) is 0 Å². The summed E-state index contributed by atoms with van der Waals surface area (Å²) in [5, 5.41) is 5.97. The van der Waals surface area contributed by atoms with Gasteiger partial charge in [0.2, 0.25) is 0 Å². The quantitative estimate of drug-likeness (QED) is 0.556. The van der Waals surface area contributed by atoms with Crippen molar-refractivity contribution in [3.05, 3.63) is 82.9 Å². The van der Waals surface area contributed by atoms with E-state index >= 15 is 0 Å². The zero-order chi connectivity index (χ0) is 24.2. The normalized spacial score (nSPS) is 14.9. The molecule has 1 aromatic carbocycles. The topological polar surface area (TPSA) is 98.1 Å². The van der Waals surface area contributed by atoms with Crippen LogP contribution in [-0.2, 0) is 17.9 Å². The van der Waals surface area contributed by atoms with Gasteiger partial charge in [-0.3, -0.25) is 9.59 Å². The maximum absolute atomic E-state index is 13.4. The van der Waals surface area contributed by atoms with Crippen molar-refractivity contribution < 1.29 is 18.7 Å². The van der Waals surface area contributed by atoms with Crippen LogP contribution in [0.5, 0.6) is 0 Å². The predicted octanol–water partition coefficient (Wildman–Crippen LogP) is 3.57. The SMILES string of the molecule is CC(NC(=O)c1cc(C(=O)N[C@@H](c2ccc(F)cc2)C(C)C)n2c1COCC2)c1ncccn1. The van der Waals surface area contributed by atoms with Gasteiger partial charge in [-0.25, -0.2) is 14.4 Å². The van der Waals surface area contributed by atoms with Crippen molar-refractivity contribution in [1.82, 2.24) is 25.2 Å². The van der Waals surface area contributed by atoms with E-state index in [2.05, 4.69) is 20.6 Å². The van der Waals surface area contributed by atoms with Crippen LogP contribution in [0.2, 0.25) is 0 Å². The van der Waals surface area contributed by atoms with E-state index in [9.17, 15) is 14.0 Å². The Morgan fingerprint density at radius 1 is 1.06 bits per heavy atom. The van der Waals surface area contributed by atoms with Crippen molar-refractivity contribution in [2.24, 2.45) is 5.92 Å². The number of nitrogens with zero attached hydrogens (tertiary/aromatic N) is 3. The third-order valence-corrected chi connectivity index (χ3v) is 5.89. The van der Waals surface area contributed by atoms with Gasteiger partial charge in [-0.1, -0.05) is 26.0 Å². The number of aromatic nitrogens is 3. The molecular weight excluding hydrogens is 437 g/mol. The minimum absolute atomic E-state index is 0.0722. The van der Waals surface area contributed by atoms with Crippen LogP contribution in [0.3, 0.4) is 0 Å². The van der Waals surface area contributed by atoms with E-state index in [0.717, 1.165) is 5.56 Å². The monoisotopic (exact) mass is 465 g/mol. The number of carbonyl (C=O) groups excluding carboxylic acids is 2. The molecule has 2 N–H and O–H groups in total. The lowest BCUT2D eigenvalue weighted by molar-refractivity contribution is 0.0771. The highest BCUT2D eigenvalue weighted by Crippen LogP contribution is 2.25. The second kappa shape index (κ2) is 10.1. The first-order valence-corrected chi connectivity index (χ1v) is 11.3. The largest absolute Gasteiger partial charge is 0.373 e. The number of hydrogen-bond donors (Lipinski definition) is 2. The van der Waals surface area contributed by atoms with E-state index in [-0.39, 0.29) is 36.2 Å². The average molecular weight is 466 g/mol. The molecule has 178 valence electrons. The fourth-order valence-corrected chi connectivity index (χ4v) is 4.10. The molecular formula is C25H28FN5O3. The van der Waals surface area contributed by atoms with E-state index < -0.39 is 6.04 Å². The average Bonchev–Trinajstić information content (AvgIpc) is 3.23. The van der Waals surface area contributed by atoms with Gasteiger partial charge >= 0.3 is 0 Å². The molecule has 9 heteroatoms. The summed E-state index contributed by atoms with van der Waals surface area (Å²) in [7, 11) is 0. The van der Waals surface area contributed by atoms with Crippen molar-refractivity contribution in [1.29, 1.82) is 0 Å². The molecule has 8 nitrogen and oxygen atoms in total. The Balaban J connectivity index is 1.59. The molecule has 0 aliphatic carbocycles. The van der Waals surface area contributed by atoms with E-state index in [0.29, 0.717) is 35.9 Å². The molecule has 0 fully saturated rings. The smallest absolute Gasteiger partial charge is 0.268 e. The zero-order valence-electron chi connectivity index (χ0n) is 19.4. The Bertz CT molecular complexity index is 1160. The number of carbonyl (C=O) groups is 2. The zero-order valence-corrected chi connectivity index (χ0v) is 19.4. The molecule has 3 heterocycles. The van der Waals surface area contributed by atoms with E-state index in [1.54, 1.807) is 43.6 Å². The Kier molecular flexibility index (Phi) is 7.02. The van der Waals surface area contributed by atoms with Crippen molar-refractivity contribution in [2.75, 3.05) is 6.61 Å². The van der Waals surface area contributed by atoms with Gasteiger partial charge < -0.3 is 19.9 Å². The van der Waals surface area contributed by atoms with E-state index in [1.165, 1.54) is 12.1 Å². The number of halogens is 1. The number of fused-ring (bicyclic) bond motifs is 1. The van der Waals surface area contributed by atoms with Crippen molar-refractivity contribution >= 4 is 11.8 Å². The molecule has 2 atom stereocenters. The molecule has 0 saturated carbocycles. The molecule has 2 aromatic heterocycles. The summed E-state index contributed by atoms with van der Waals surface area (Å²) in [6.45, 7) is 6.92. The summed E-state index contributed by atoms with van der Waals surface area (Å²) >= 11 is 0. The molecule has 0 saturated heterocycles. The maximum atomic E-state index is 13.4.